The maximum atomic E-state index is 14.5. The Bertz CT molecular complexity index is 613. The van der Waals surface area contributed by atoms with Gasteiger partial charge >= 0.3 is 0 Å². The van der Waals surface area contributed by atoms with Crippen LogP contribution in [0.3, 0.4) is 0 Å². The molecule has 1 aliphatic heterocycles. The molecule has 0 unspecified atom stereocenters. The van der Waals surface area contributed by atoms with E-state index in [-0.39, 0.29) is 24.3 Å². The SMILES string of the molecule is Cc1ccc(F)c([C@@H](c2ccsc2)N2CCNCC2)c1Cl.Cl. The zero-order valence-corrected chi connectivity index (χ0v) is 14.7. The third-order valence-corrected chi connectivity index (χ3v) is 5.17. The Morgan fingerprint density at radius 1 is 1.27 bits per heavy atom. The summed E-state index contributed by atoms with van der Waals surface area (Å²) in [6.07, 6.45) is 0. The number of nitrogens with zero attached hydrogens (tertiary/aromatic N) is 1. The molecule has 2 nitrogen and oxygen atoms in total. The van der Waals surface area contributed by atoms with Gasteiger partial charge in [0.05, 0.1) is 11.1 Å². The molecule has 0 spiro atoms. The molecule has 1 fully saturated rings. The third kappa shape index (κ3) is 3.47. The van der Waals surface area contributed by atoms with Gasteiger partial charge in [0.1, 0.15) is 5.82 Å². The van der Waals surface area contributed by atoms with Crippen LogP contribution in [0.1, 0.15) is 22.7 Å². The van der Waals surface area contributed by atoms with Gasteiger partial charge in [-0.2, -0.15) is 11.3 Å². The number of hydrogen-bond acceptors (Lipinski definition) is 3. The van der Waals surface area contributed by atoms with Crippen molar-refractivity contribution in [3.8, 4) is 0 Å². The van der Waals surface area contributed by atoms with Gasteiger partial charge < -0.3 is 5.32 Å². The molecule has 2 heterocycles. The van der Waals surface area contributed by atoms with Gasteiger partial charge in [0, 0.05) is 31.7 Å². The van der Waals surface area contributed by atoms with Crippen LogP contribution < -0.4 is 5.32 Å². The molecule has 1 aliphatic rings. The predicted molar refractivity (Wildman–Crippen MR) is 94.0 cm³/mol. The van der Waals surface area contributed by atoms with E-state index in [1.54, 1.807) is 17.4 Å². The lowest BCUT2D eigenvalue weighted by Gasteiger charge is -2.35. The fourth-order valence-electron chi connectivity index (χ4n) is 2.86. The highest BCUT2D eigenvalue weighted by Gasteiger charge is 2.29. The number of rotatable bonds is 3. The Morgan fingerprint density at radius 3 is 2.64 bits per heavy atom. The van der Waals surface area contributed by atoms with Crippen molar-refractivity contribution in [3.63, 3.8) is 0 Å². The van der Waals surface area contributed by atoms with E-state index in [0.29, 0.717) is 10.6 Å². The van der Waals surface area contributed by atoms with E-state index >= 15 is 0 Å². The minimum absolute atomic E-state index is 0. The molecule has 0 saturated carbocycles. The van der Waals surface area contributed by atoms with E-state index in [9.17, 15) is 4.39 Å². The van der Waals surface area contributed by atoms with Crippen LogP contribution in [-0.2, 0) is 0 Å². The molecule has 2 aromatic rings. The molecule has 1 N–H and O–H groups in total. The molecular formula is C16H19Cl2FN2S. The van der Waals surface area contributed by atoms with Crippen molar-refractivity contribution in [2.75, 3.05) is 26.2 Å². The van der Waals surface area contributed by atoms with E-state index < -0.39 is 0 Å². The second kappa shape index (κ2) is 7.75. The fraction of sp³-hybridized carbons (Fsp3) is 0.375. The quantitative estimate of drug-likeness (QED) is 0.879. The molecule has 1 aromatic heterocycles. The first-order valence-corrected chi connectivity index (χ1v) is 8.42. The van der Waals surface area contributed by atoms with Crippen LogP contribution in [0.4, 0.5) is 4.39 Å². The topological polar surface area (TPSA) is 15.3 Å². The van der Waals surface area contributed by atoms with E-state index in [1.165, 1.54) is 6.07 Å². The van der Waals surface area contributed by atoms with Crippen LogP contribution in [-0.4, -0.2) is 31.1 Å². The average Bonchev–Trinajstić information content (AvgIpc) is 3.02. The number of hydrogen-bond donors (Lipinski definition) is 1. The van der Waals surface area contributed by atoms with Crippen molar-refractivity contribution in [2.24, 2.45) is 0 Å². The van der Waals surface area contributed by atoms with Gasteiger partial charge in [0.15, 0.2) is 0 Å². The Kier molecular flexibility index (Phi) is 6.24. The number of aryl methyl sites for hydroxylation is 1. The molecule has 1 saturated heterocycles. The summed E-state index contributed by atoms with van der Waals surface area (Å²) < 4.78 is 14.5. The van der Waals surface area contributed by atoms with Crippen molar-refractivity contribution in [1.29, 1.82) is 0 Å². The lowest BCUT2D eigenvalue weighted by Crippen LogP contribution is -2.45. The largest absolute Gasteiger partial charge is 0.314 e. The summed E-state index contributed by atoms with van der Waals surface area (Å²) in [5.74, 6) is -0.222. The van der Waals surface area contributed by atoms with Gasteiger partial charge in [0.2, 0.25) is 0 Å². The highest BCUT2D eigenvalue weighted by atomic mass is 35.5. The first-order valence-electron chi connectivity index (χ1n) is 7.10. The van der Waals surface area contributed by atoms with Crippen molar-refractivity contribution >= 4 is 35.3 Å². The Morgan fingerprint density at radius 2 is 2.00 bits per heavy atom. The van der Waals surface area contributed by atoms with Crippen LogP contribution in [0.25, 0.3) is 0 Å². The van der Waals surface area contributed by atoms with Crippen LogP contribution in [0.5, 0.6) is 0 Å². The molecule has 1 aromatic carbocycles. The van der Waals surface area contributed by atoms with Gasteiger partial charge in [0.25, 0.3) is 0 Å². The average molecular weight is 361 g/mol. The van der Waals surface area contributed by atoms with Gasteiger partial charge in [-0.3, -0.25) is 4.90 Å². The highest BCUT2D eigenvalue weighted by molar-refractivity contribution is 7.08. The van der Waals surface area contributed by atoms with Gasteiger partial charge in [-0.15, -0.1) is 12.4 Å². The second-order valence-electron chi connectivity index (χ2n) is 5.34. The summed E-state index contributed by atoms with van der Waals surface area (Å²) in [5.41, 5.74) is 2.65. The van der Waals surface area contributed by atoms with Crippen molar-refractivity contribution in [2.45, 2.75) is 13.0 Å². The third-order valence-electron chi connectivity index (χ3n) is 3.97. The minimum Gasteiger partial charge on any atom is -0.314 e. The van der Waals surface area contributed by atoms with Crippen LogP contribution in [0.15, 0.2) is 29.0 Å². The van der Waals surface area contributed by atoms with Gasteiger partial charge in [-0.05, 0) is 40.9 Å². The fourth-order valence-corrected chi connectivity index (χ4v) is 3.80. The van der Waals surface area contributed by atoms with Gasteiger partial charge in [-0.1, -0.05) is 17.7 Å². The van der Waals surface area contributed by atoms with Crippen molar-refractivity contribution < 1.29 is 4.39 Å². The Hall–Kier alpha value is -0.650. The van der Waals surface area contributed by atoms with E-state index in [0.717, 1.165) is 37.3 Å². The lowest BCUT2D eigenvalue weighted by atomic mass is 9.96. The number of thiophene rings is 1. The summed E-state index contributed by atoms with van der Waals surface area (Å²) in [7, 11) is 0. The Labute approximate surface area is 145 Å². The summed E-state index contributed by atoms with van der Waals surface area (Å²) in [5, 5.41) is 8.01. The van der Waals surface area contributed by atoms with Crippen molar-refractivity contribution in [1.82, 2.24) is 10.2 Å². The first-order chi connectivity index (χ1) is 10.2. The molecule has 0 bridgehead atoms. The molecule has 0 aliphatic carbocycles. The predicted octanol–water partition coefficient (Wildman–Crippen LogP) is 4.27. The number of piperazine rings is 1. The summed E-state index contributed by atoms with van der Waals surface area (Å²) in [4.78, 5) is 2.31. The summed E-state index contributed by atoms with van der Waals surface area (Å²) >= 11 is 8.09. The van der Waals surface area contributed by atoms with E-state index in [1.807, 2.05) is 12.3 Å². The zero-order chi connectivity index (χ0) is 14.8. The van der Waals surface area contributed by atoms with E-state index in [2.05, 4.69) is 21.7 Å². The normalized spacial score (nSPS) is 17.0. The zero-order valence-electron chi connectivity index (χ0n) is 12.3. The molecule has 0 radical (unpaired) electrons. The molecule has 1 atom stereocenters. The highest BCUT2D eigenvalue weighted by Crippen LogP contribution is 2.37. The molecule has 120 valence electrons. The van der Waals surface area contributed by atoms with Crippen LogP contribution >= 0.6 is 35.3 Å². The summed E-state index contributed by atoms with van der Waals surface area (Å²) in [6, 6.07) is 5.22. The molecule has 6 heteroatoms. The molecule has 3 rings (SSSR count). The second-order valence-corrected chi connectivity index (χ2v) is 6.50. The smallest absolute Gasteiger partial charge is 0.129 e. The van der Waals surface area contributed by atoms with Gasteiger partial charge in [-0.25, -0.2) is 4.39 Å². The maximum absolute atomic E-state index is 14.5. The number of halogens is 3. The minimum atomic E-state index is -0.222. The number of nitrogens with one attached hydrogen (secondary N) is 1. The van der Waals surface area contributed by atoms with E-state index in [4.69, 9.17) is 11.6 Å². The first kappa shape index (κ1) is 17.7. The van der Waals surface area contributed by atoms with Crippen LogP contribution in [0.2, 0.25) is 5.02 Å². The standard InChI is InChI=1S/C16H18ClFN2S.ClH/c1-11-2-3-13(18)14(15(11)17)16(12-4-9-21-10-12)20-7-5-19-6-8-20;/h2-4,9-10,16,19H,5-8H2,1H3;1H/t16-;/m1./s1. The molecular weight excluding hydrogens is 342 g/mol. The maximum Gasteiger partial charge on any atom is 0.129 e. The Balaban J connectivity index is 0.00000176. The number of benzene rings is 1. The lowest BCUT2D eigenvalue weighted by molar-refractivity contribution is 0.195. The molecule has 0 amide bonds. The monoisotopic (exact) mass is 360 g/mol. The summed E-state index contributed by atoms with van der Waals surface area (Å²) in [6.45, 7) is 5.56. The van der Waals surface area contributed by atoms with Crippen LogP contribution in [0, 0.1) is 12.7 Å². The molecule has 22 heavy (non-hydrogen) atoms. The van der Waals surface area contributed by atoms with Crippen molar-refractivity contribution in [3.05, 3.63) is 56.5 Å².